The topological polar surface area (TPSA) is 80.2 Å². The zero-order chi connectivity index (χ0) is 20.1. The monoisotopic (exact) mass is 396 g/mol. The van der Waals surface area contributed by atoms with E-state index in [9.17, 15) is 9.90 Å². The Labute approximate surface area is 167 Å². The Morgan fingerprint density at radius 2 is 1.96 bits per heavy atom. The van der Waals surface area contributed by atoms with E-state index in [1.165, 1.54) is 18.9 Å². The number of carbonyl (C=O) groups excluding carboxylic acids is 1. The minimum atomic E-state index is -0.227. The van der Waals surface area contributed by atoms with Gasteiger partial charge in [-0.25, -0.2) is 4.99 Å². The highest BCUT2D eigenvalue weighted by Crippen LogP contribution is 2.35. The number of nitrogens with zero attached hydrogens (tertiary/aromatic N) is 1. The lowest BCUT2D eigenvalue weighted by Crippen LogP contribution is -2.19. The highest BCUT2D eigenvalue weighted by molar-refractivity contribution is 8.18. The summed E-state index contributed by atoms with van der Waals surface area (Å²) in [7, 11) is 3.09. The number of ether oxygens (including phenoxy) is 2. The highest BCUT2D eigenvalue weighted by Gasteiger charge is 2.24. The summed E-state index contributed by atoms with van der Waals surface area (Å²) in [4.78, 5) is 17.3. The van der Waals surface area contributed by atoms with Crippen LogP contribution in [0.15, 0.2) is 59.0 Å². The van der Waals surface area contributed by atoms with Crippen molar-refractivity contribution in [2.24, 2.45) is 4.99 Å². The van der Waals surface area contributed by atoms with Gasteiger partial charge in [-0.05, 0) is 66.2 Å². The molecule has 1 aliphatic rings. The molecular weight excluding hydrogens is 376 g/mol. The number of nitrogens with one attached hydrogen (secondary N) is 1. The van der Waals surface area contributed by atoms with Gasteiger partial charge < -0.3 is 19.9 Å². The molecule has 0 spiro atoms. The number of hydrogen-bond donors (Lipinski definition) is 2. The Morgan fingerprint density at radius 1 is 1.21 bits per heavy atom. The molecule has 1 amide bonds. The van der Waals surface area contributed by atoms with Gasteiger partial charge in [-0.2, -0.15) is 0 Å². The molecule has 1 heterocycles. The molecule has 0 atom stereocenters. The molecule has 1 saturated heterocycles. The number of aliphatic imine (C=N–C) groups is 1. The number of benzene rings is 2. The summed E-state index contributed by atoms with van der Waals surface area (Å²) in [6.45, 7) is 3.70. The summed E-state index contributed by atoms with van der Waals surface area (Å²) >= 11 is 1.25. The number of amidine groups is 1. The van der Waals surface area contributed by atoms with Crippen molar-refractivity contribution in [3.63, 3.8) is 0 Å². The van der Waals surface area contributed by atoms with E-state index in [0.29, 0.717) is 33.5 Å². The summed E-state index contributed by atoms with van der Waals surface area (Å²) in [5.41, 5.74) is 2.14. The first-order valence-electron chi connectivity index (χ1n) is 8.48. The van der Waals surface area contributed by atoms with Crippen molar-refractivity contribution in [1.29, 1.82) is 0 Å². The fourth-order valence-electron chi connectivity index (χ4n) is 2.65. The summed E-state index contributed by atoms with van der Waals surface area (Å²) in [5, 5.41) is 13.5. The molecule has 28 heavy (non-hydrogen) atoms. The van der Waals surface area contributed by atoms with Gasteiger partial charge in [0.2, 0.25) is 0 Å². The maximum atomic E-state index is 12.3. The number of hydrogen-bond acceptors (Lipinski definition) is 6. The van der Waals surface area contributed by atoms with Gasteiger partial charge in [-0.15, -0.1) is 6.58 Å². The van der Waals surface area contributed by atoms with Crippen molar-refractivity contribution in [2.45, 2.75) is 6.42 Å². The maximum Gasteiger partial charge on any atom is 0.264 e. The van der Waals surface area contributed by atoms with Crippen LogP contribution in [-0.2, 0) is 11.2 Å². The standard InChI is InChI=1S/C21H20N2O4S/c1-4-5-14-10-13(11-17(27-3)19(14)24)12-18-20(25)23-21(28-18)22-15-6-8-16(26-2)9-7-15/h4,6-12,24H,1,5H2,2-3H3,(H,22,23,25)/b18-12+. The predicted molar refractivity (Wildman–Crippen MR) is 112 cm³/mol. The molecule has 6 nitrogen and oxygen atoms in total. The molecule has 2 aromatic carbocycles. The number of carbonyl (C=O) groups is 1. The highest BCUT2D eigenvalue weighted by atomic mass is 32.2. The number of phenols is 1. The van der Waals surface area contributed by atoms with E-state index < -0.39 is 0 Å². The van der Waals surface area contributed by atoms with Gasteiger partial charge in [0, 0.05) is 5.56 Å². The molecule has 0 aromatic heterocycles. The second-order valence-corrected chi connectivity index (χ2v) is 6.93. The second kappa shape index (κ2) is 8.67. The summed E-state index contributed by atoms with van der Waals surface area (Å²) in [5.74, 6) is 0.940. The Balaban J connectivity index is 1.86. The minimum absolute atomic E-state index is 0.0785. The van der Waals surface area contributed by atoms with Gasteiger partial charge >= 0.3 is 0 Å². The van der Waals surface area contributed by atoms with Crippen LogP contribution in [0.25, 0.3) is 6.08 Å². The number of methoxy groups -OCH3 is 2. The second-order valence-electron chi connectivity index (χ2n) is 5.90. The van der Waals surface area contributed by atoms with E-state index in [2.05, 4.69) is 16.9 Å². The van der Waals surface area contributed by atoms with Gasteiger partial charge in [0.15, 0.2) is 16.7 Å². The van der Waals surface area contributed by atoms with Crippen LogP contribution in [-0.4, -0.2) is 30.4 Å². The van der Waals surface area contributed by atoms with Crippen molar-refractivity contribution in [1.82, 2.24) is 5.32 Å². The Morgan fingerprint density at radius 3 is 2.61 bits per heavy atom. The quantitative estimate of drug-likeness (QED) is 0.569. The molecule has 2 aromatic rings. The number of amides is 1. The first kappa shape index (κ1) is 19.6. The summed E-state index contributed by atoms with van der Waals surface area (Å²) in [6.07, 6.45) is 3.93. The molecule has 2 N–H and O–H groups in total. The van der Waals surface area contributed by atoms with E-state index in [4.69, 9.17) is 9.47 Å². The first-order chi connectivity index (χ1) is 13.5. The van der Waals surface area contributed by atoms with Gasteiger partial charge in [-0.1, -0.05) is 6.08 Å². The summed E-state index contributed by atoms with van der Waals surface area (Å²) in [6, 6.07) is 10.7. The summed E-state index contributed by atoms with van der Waals surface area (Å²) < 4.78 is 10.4. The van der Waals surface area contributed by atoms with Gasteiger partial charge in [0.1, 0.15) is 5.75 Å². The molecule has 3 rings (SSSR count). The van der Waals surface area contributed by atoms with Gasteiger partial charge in [-0.3, -0.25) is 4.79 Å². The predicted octanol–water partition coefficient (Wildman–Crippen LogP) is 4.03. The number of aromatic hydroxyl groups is 1. The lowest BCUT2D eigenvalue weighted by atomic mass is 10.1. The van der Waals surface area contributed by atoms with Crippen LogP contribution in [0.5, 0.6) is 17.2 Å². The normalized spacial score (nSPS) is 16.3. The molecule has 0 saturated carbocycles. The van der Waals surface area contributed by atoms with Gasteiger partial charge in [0.05, 0.1) is 24.8 Å². The lowest BCUT2D eigenvalue weighted by molar-refractivity contribution is -0.115. The van der Waals surface area contributed by atoms with Crippen molar-refractivity contribution in [3.05, 3.63) is 65.1 Å². The molecule has 1 aliphatic heterocycles. The van der Waals surface area contributed by atoms with E-state index in [0.717, 1.165) is 11.3 Å². The van der Waals surface area contributed by atoms with E-state index in [-0.39, 0.29) is 11.7 Å². The molecule has 0 radical (unpaired) electrons. The molecule has 7 heteroatoms. The Hall–Kier alpha value is -3.19. The van der Waals surface area contributed by atoms with Crippen LogP contribution in [0.2, 0.25) is 0 Å². The number of rotatable bonds is 6. The zero-order valence-corrected chi connectivity index (χ0v) is 16.4. The SMILES string of the molecule is C=CCc1cc(/C=C2/SC(=Nc3ccc(OC)cc3)NC2=O)cc(OC)c1O. The molecule has 0 aliphatic carbocycles. The molecule has 1 fully saturated rings. The smallest absolute Gasteiger partial charge is 0.264 e. The number of allylic oxidation sites excluding steroid dienone is 1. The third-order valence-corrected chi connectivity index (χ3v) is 4.92. The van der Waals surface area contributed by atoms with Crippen LogP contribution in [0.1, 0.15) is 11.1 Å². The van der Waals surface area contributed by atoms with Crippen molar-refractivity contribution in [3.8, 4) is 17.2 Å². The average molecular weight is 396 g/mol. The fraction of sp³-hybridized carbons (Fsp3) is 0.143. The largest absolute Gasteiger partial charge is 0.504 e. The molecule has 0 bridgehead atoms. The zero-order valence-electron chi connectivity index (χ0n) is 15.6. The Bertz CT molecular complexity index is 965. The van der Waals surface area contributed by atoms with E-state index in [1.807, 2.05) is 12.1 Å². The molecule has 0 unspecified atom stereocenters. The van der Waals surface area contributed by atoms with E-state index in [1.54, 1.807) is 43.5 Å². The van der Waals surface area contributed by atoms with Crippen molar-refractivity contribution < 1.29 is 19.4 Å². The van der Waals surface area contributed by atoms with Crippen LogP contribution in [0.3, 0.4) is 0 Å². The van der Waals surface area contributed by atoms with Crippen LogP contribution in [0.4, 0.5) is 5.69 Å². The van der Waals surface area contributed by atoms with Crippen LogP contribution >= 0.6 is 11.8 Å². The van der Waals surface area contributed by atoms with Crippen LogP contribution < -0.4 is 14.8 Å². The molecule has 144 valence electrons. The van der Waals surface area contributed by atoms with E-state index >= 15 is 0 Å². The first-order valence-corrected chi connectivity index (χ1v) is 9.30. The Kier molecular flexibility index (Phi) is 6.06. The third-order valence-electron chi connectivity index (χ3n) is 4.01. The fourth-order valence-corrected chi connectivity index (χ4v) is 3.49. The average Bonchev–Trinajstić information content (AvgIpc) is 3.03. The number of phenolic OH excluding ortho intramolecular Hbond substituents is 1. The van der Waals surface area contributed by atoms with Crippen LogP contribution in [0, 0.1) is 0 Å². The molecular formula is C21H20N2O4S. The lowest BCUT2D eigenvalue weighted by Gasteiger charge is -2.09. The minimum Gasteiger partial charge on any atom is -0.504 e. The number of thioether (sulfide) groups is 1. The maximum absolute atomic E-state index is 12.3. The van der Waals surface area contributed by atoms with Gasteiger partial charge in [0.25, 0.3) is 5.91 Å². The van der Waals surface area contributed by atoms with Crippen molar-refractivity contribution in [2.75, 3.05) is 14.2 Å². The van der Waals surface area contributed by atoms with Crippen molar-refractivity contribution >= 4 is 34.6 Å². The third kappa shape index (κ3) is 4.37.